The zero-order valence-electron chi connectivity index (χ0n) is 17.8. The molecular formula is C23H45BrO3. The van der Waals surface area contributed by atoms with Crippen molar-refractivity contribution in [2.24, 2.45) is 0 Å². The summed E-state index contributed by atoms with van der Waals surface area (Å²) >= 11 is 3.71. The molecule has 0 aromatic carbocycles. The highest BCUT2D eigenvalue weighted by atomic mass is 79.9. The van der Waals surface area contributed by atoms with Gasteiger partial charge in [0, 0.05) is 0 Å². The number of alkyl halides is 1. The van der Waals surface area contributed by atoms with Gasteiger partial charge in [0.15, 0.2) is 6.29 Å². The highest BCUT2D eigenvalue weighted by Gasteiger charge is 2.27. The summed E-state index contributed by atoms with van der Waals surface area (Å²) in [6.45, 7) is 3.07. The van der Waals surface area contributed by atoms with E-state index in [1.165, 1.54) is 96.3 Å². The highest BCUT2D eigenvalue weighted by Crippen LogP contribution is 2.24. The molecule has 3 nitrogen and oxygen atoms in total. The van der Waals surface area contributed by atoms with Crippen LogP contribution in [0.3, 0.4) is 0 Å². The maximum atomic E-state index is 9.21. The summed E-state index contributed by atoms with van der Waals surface area (Å²) in [5.41, 5.74) is 0. The molecule has 1 fully saturated rings. The molecule has 27 heavy (non-hydrogen) atoms. The summed E-state index contributed by atoms with van der Waals surface area (Å²) in [7, 11) is 0. The third kappa shape index (κ3) is 14.1. The fourth-order valence-electron chi connectivity index (χ4n) is 3.78. The van der Waals surface area contributed by atoms with Gasteiger partial charge >= 0.3 is 0 Å². The third-order valence-electron chi connectivity index (χ3n) is 5.63. The largest absolute Gasteiger partial charge is 0.394 e. The van der Waals surface area contributed by atoms with Gasteiger partial charge in [-0.05, 0) is 12.8 Å². The molecule has 1 N–H and O–H groups in total. The molecular weight excluding hydrogens is 404 g/mol. The van der Waals surface area contributed by atoms with Crippen molar-refractivity contribution in [3.63, 3.8) is 0 Å². The minimum Gasteiger partial charge on any atom is -0.394 e. The van der Waals surface area contributed by atoms with Crippen LogP contribution in [0.5, 0.6) is 0 Å². The van der Waals surface area contributed by atoms with E-state index in [9.17, 15) is 5.11 Å². The van der Waals surface area contributed by atoms with Crippen molar-refractivity contribution < 1.29 is 14.6 Å². The number of unbranched alkanes of at least 4 members (excludes halogenated alkanes) is 14. The molecule has 1 heterocycles. The number of aliphatic hydroxyl groups excluding tert-OH is 1. The first-order valence-corrected chi connectivity index (χ1v) is 12.7. The molecule has 0 spiro atoms. The Kier molecular flexibility index (Phi) is 17.3. The maximum Gasteiger partial charge on any atom is 0.170 e. The molecule has 0 bridgehead atoms. The van der Waals surface area contributed by atoms with Crippen molar-refractivity contribution in [3.8, 4) is 0 Å². The van der Waals surface area contributed by atoms with E-state index < -0.39 is 0 Å². The standard InChI is InChI=1S/C23H45BrO3/c1-2-3-4-5-6-7-8-9-10-11-12-13-14-15-16-17-22(24)23-26-19-18-21(20-25)27-23/h21-23,25H,2-20H2,1H3/t21-,22?,23?/m1/s1. The number of rotatable bonds is 18. The van der Waals surface area contributed by atoms with Gasteiger partial charge in [-0.15, -0.1) is 0 Å². The predicted octanol–water partition coefficient (Wildman–Crippen LogP) is 7.14. The summed E-state index contributed by atoms with van der Waals surface area (Å²) in [6.07, 6.45) is 22.6. The van der Waals surface area contributed by atoms with Crippen LogP contribution in [-0.4, -0.2) is 35.5 Å². The Morgan fingerprint density at radius 1 is 0.815 bits per heavy atom. The second-order valence-corrected chi connectivity index (χ2v) is 9.40. The van der Waals surface area contributed by atoms with E-state index >= 15 is 0 Å². The van der Waals surface area contributed by atoms with Crippen LogP contribution in [0.2, 0.25) is 0 Å². The summed E-state index contributed by atoms with van der Waals surface area (Å²) in [5.74, 6) is 0. The van der Waals surface area contributed by atoms with E-state index in [0.29, 0.717) is 6.61 Å². The monoisotopic (exact) mass is 448 g/mol. The number of hydrogen-bond acceptors (Lipinski definition) is 3. The molecule has 162 valence electrons. The molecule has 2 unspecified atom stereocenters. The zero-order chi connectivity index (χ0) is 19.6. The van der Waals surface area contributed by atoms with Crippen molar-refractivity contribution in [2.75, 3.05) is 13.2 Å². The summed E-state index contributed by atoms with van der Waals surface area (Å²) in [4.78, 5) is 0.244. The van der Waals surface area contributed by atoms with Crippen LogP contribution in [-0.2, 0) is 9.47 Å². The van der Waals surface area contributed by atoms with Gasteiger partial charge in [-0.2, -0.15) is 0 Å². The third-order valence-corrected chi connectivity index (χ3v) is 6.52. The van der Waals surface area contributed by atoms with Crippen LogP contribution in [0.15, 0.2) is 0 Å². The van der Waals surface area contributed by atoms with E-state index in [-0.39, 0.29) is 23.8 Å². The van der Waals surface area contributed by atoms with Crippen LogP contribution in [0.4, 0.5) is 0 Å². The molecule has 3 atom stereocenters. The molecule has 0 radical (unpaired) electrons. The topological polar surface area (TPSA) is 38.7 Å². The van der Waals surface area contributed by atoms with E-state index in [0.717, 1.165) is 12.8 Å². The Balaban J connectivity index is 1.80. The van der Waals surface area contributed by atoms with Crippen LogP contribution in [0.25, 0.3) is 0 Å². The molecule has 1 aliphatic heterocycles. The van der Waals surface area contributed by atoms with E-state index in [4.69, 9.17) is 9.47 Å². The Bertz CT molecular complexity index is 314. The molecule has 0 saturated carbocycles. The Morgan fingerprint density at radius 3 is 1.78 bits per heavy atom. The number of aliphatic hydroxyl groups is 1. The maximum absolute atomic E-state index is 9.21. The van der Waals surface area contributed by atoms with Gasteiger partial charge in [-0.1, -0.05) is 119 Å². The van der Waals surface area contributed by atoms with Gasteiger partial charge in [0.1, 0.15) is 0 Å². The second kappa shape index (κ2) is 18.4. The molecule has 1 aliphatic rings. The van der Waals surface area contributed by atoms with Crippen LogP contribution >= 0.6 is 15.9 Å². The molecule has 4 heteroatoms. The van der Waals surface area contributed by atoms with Gasteiger partial charge in [0.2, 0.25) is 0 Å². The normalized spacial score (nSPS) is 21.4. The fraction of sp³-hybridized carbons (Fsp3) is 1.00. The van der Waals surface area contributed by atoms with E-state index in [1.54, 1.807) is 0 Å². The number of hydrogen-bond donors (Lipinski definition) is 1. The zero-order valence-corrected chi connectivity index (χ0v) is 19.4. The Hall–Kier alpha value is 0.360. The van der Waals surface area contributed by atoms with Crippen LogP contribution < -0.4 is 0 Å². The fourth-order valence-corrected chi connectivity index (χ4v) is 4.38. The van der Waals surface area contributed by atoms with Gasteiger partial charge in [-0.25, -0.2) is 0 Å². The van der Waals surface area contributed by atoms with Crippen molar-refractivity contribution in [1.29, 1.82) is 0 Å². The number of ether oxygens (including phenoxy) is 2. The van der Waals surface area contributed by atoms with Crippen LogP contribution in [0, 0.1) is 0 Å². The van der Waals surface area contributed by atoms with Crippen molar-refractivity contribution in [2.45, 2.75) is 133 Å². The van der Waals surface area contributed by atoms with Crippen LogP contribution in [0.1, 0.15) is 116 Å². The molecule has 1 saturated heterocycles. The lowest BCUT2D eigenvalue weighted by molar-refractivity contribution is -0.218. The average molecular weight is 450 g/mol. The SMILES string of the molecule is CCCCCCCCCCCCCCCCCC(Br)C1OCC[C@H](CO)O1. The first kappa shape index (κ1) is 25.4. The van der Waals surface area contributed by atoms with Crippen molar-refractivity contribution in [1.82, 2.24) is 0 Å². The first-order chi connectivity index (χ1) is 13.3. The molecule has 0 aromatic heterocycles. The van der Waals surface area contributed by atoms with E-state index in [1.807, 2.05) is 0 Å². The number of halogens is 1. The smallest absolute Gasteiger partial charge is 0.170 e. The predicted molar refractivity (Wildman–Crippen MR) is 119 cm³/mol. The van der Waals surface area contributed by atoms with Crippen molar-refractivity contribution in [3.05, 3.63) is 0 Å². The van der Waals surface area contributed by atoms with Gasteiger partial charge in [-0.3, -0.25) is 0 Å². The first-order valence-electron chi connectivity index (χ1n) is 11.8. The lowest BCUT2D eigenvalue weighted by Gasteiger charge is -2.32. The molecule has 0 aliphatic carbocycles. The quantitative estimate of drug-likeness (QED) is 0.179. The average Bonchev–Trinajstić information content (AvgIpc) is 2.70. The van der Waals surface area contributed by atoms with Gasteiger partial charge in [0.25, 0.3) is 0 Å². The highest BCUT2D eigenvalue weighted by molar-refractivity contribution is 9.09. The van der Waals surface area contributed by atoms with Gasteiger partial charge in [0.05, 0.1) is 24.1 Å². The van der Waals surface area contributed by atoms with Crippen molar-refractivity contribution >= 4 is 15.9 Å². The second-order valence-electron chi connectivity index (χ2n) is 8.22. The summed E-state index contributed by atoms with van der Waals surface area (Å²) < 4.78 is 11.4. The molecule has 0 amide bonds. The minimum atomic E-state index is -0.192. The lowest BCUT2D eigenvalue weighted by Crippen LogP contribution is -2.39. The summed E-state index contributed by atoms with van der Waals surface area (Å²) in [6, 6.07) is 0. The van der Waals surface area contributed by atoms with Gasteiger partial charge < -0.3 is 14.6 Å². The van der Waals surface area contributed by atoms with E-state index in [2.05, 4.69) is 22.9 Å². The minimum absolute atomic E-state index is 0.0511. The Morgan fingerprint density at radius 2 is 1.30 bits per heavy atom. The molecule has 0 aromatic rings. The lowest BCUT2D eigenvalue weighted by atomic mass is 10.0. The summed E-state index contributed by atoms with van der Waals surface area (Å²) in [5, 5.41) is 9.21. The Labute approximate surface area is 177 Å². The molecule has 1 rings (SSSR count).